The van der Waals surface area contributed by atoms with E-state index in [1.165, 1.54) is 0 Å². The number of fused-ring (bicyclic) bond motifs is 1. The van der Waals surface area contributed by atoms with E-state index in [9.17, 15) is 0 Å². The summed E-state index contributed by atoms with van der Waals surface area (Å²) in [7, 11) is 0. The number of pyridine rings is 2. The van der Waals surface area contributed by atoms with E-state index >= 15 is 0 Å². The van der Waals surface area contributed by atoms with Gasteiger partial charge in [-0.15, -0.1) is 0 Å². The minimum absolute atomic E-state index is 0.394. The lowest BCUT2D eigenvalue weighted by molar-refractivity contribution is 0.460. The van der Waals surface area contributed by atoms with Crippen LogP contribution in [0.25, 0.3) is 10.9 Å². The number of hydrogen-bond donors (Lipinski definition) is 1. The largest absolute Gasteiger partial charge is 0.438 e. The number of benzene rings is 1. The number of nitrogens with zero attached hydrogens (tertiary/aromatic N) is 2. The summed E-state index contributed by atoms with van der Waals surface area (Å²) >= 11 is 0. The van der Waals surface area contributed by atoms with Crippen molar-refractivity contribution in [2.24, 2.45) is 5.73 Å². The molecule has 0 spiro atoms. The summed E-state index contributed by atoms with van der Waals surface area (Å²) in [6, 6.07) is 13.5. The van der Waals surface area contributed by atoms with Crippen LogP contribution in [0.1, 0.15) is 11.3 Å². The number of ether oxygens (including phenoxy) is 1. The van der Waals surface area contributed by atoms with E-state index in [1.807, 2.05) is 49.4 Å². The lowest BCUT2D eigenvalue weighted by atomic mass is 10.2. The minimum atomic E-state index is 0.394. The topological polar surface area (TPSA) is 61.0 Å². The fourth-order valence-electron chi connectivity index (χ4n) is 2.07. The maximum atomic E-state index is 5.96. The van der Waals surface area contributed by atoms with Gasteiger partial charge in [0.2, 0.25) is 5.88 Å². The highest BCUT2D eigenvalue weighted by Gasteiger charge is 2.08. The van der Waals surface area contributed by atoms with Gasteiger partial charge in [-0.05, 0) is 37.3 Å². The SMILES string of the molecule is Cc1ccc(CN)c(Oc2cccc3ncccc23)n1. The van der Waals surface area contributed by atoms with E-state index in [2.05, 4.69) is 9.97 Å². The van der Waals surface area contributed by atoms with E-state index in [1.54, 1.807) is 6.20 Å². The van der Waals surface area contributed by atoms with E-state index in [0.29, 0.717) is 12.4 Å². The van der Waals surface area contributed by atoms with Crippen LogP contribution in [0.5, 0.6) is 11.6 Å². The average Bonchev–Trinajstić information content (AvgIpc) is 2.48. The number of hydrogen-bond acceptors (Lipinski definition) is 4. The van der Waals surface area contributed by atoms with Gasteiger partial charge in [-0.3, -0.25) is 4.98 Å². The van der Waals surface area contributed by atoms with Gasteiger partial charge in [0.05, 0.1) is 5.52 Å². The van der Waals surface area contributed by atoms with Gasteiger partial charge in [0.15, 0.2) is 0 Å². The summed E-state index contributed by atoms with van der Waals surface area (Å²) in [5.41, 5.74) is 8.41. The number of aromatic nitrogens is 2. The fraction of sp³-hybridized carbons (Fsp3) is 0.125. The lowest BCUT2D eigenvalue weighted by Crippen LogP contribution is -2.02. The van der Waals surface area contributed by atoms with Crippen LogP contribution in [0, 0.1) is 6.92 Å². The Hall–Kier alpha value is -2.46. The number of aryl methyl sites for hydroxylation is 1. The molecule has 2 aromatic heterocycles. The van der Waals surface area contributed by atoms with Crippen molar-refractivity contribution >= 4 is 10.9 Å². The number of nitrogens with two attached hydrogens (primary N) is 1. The zero-order chi connectivity index (χ0) is 13.9. The Balaban J connectivity index is 2.07. The van der Waals surface area contributed by atoms with Gasteiger partial charge >= 0.3 is 0 Å². The molecular weight excluding hydrogens is 250 g/mol. The molecule has 0 atom stereocenters. The summed E-state index contributed by atoms with van der Waals surface area (Å²) in [4.78, 5) is 8.74. The highest BCUT2D eigenvalue weighted by atomic mass is 16.5. The quantitative estimate of drug-likeness (QED) is 0.790. The van der Waals surface area contributed by atoms with Crippen molar-refractivity contribution in [3.63, 3.8) is 0 Å². The van der Waals surface area contributed by atoms with Crippen LogP contribution in [0.3, 0.4) is 0 Å². The summed E-state index contributed by atoms with van der Waals surface area (Å²) in [6.07, 6.45) is 1.77. The molecule has 0 aliphatic rings. The molecule has 0 aliphatic heterocycles. The molecule has 3 rings (SSSR count). The van der Waals surface area contributed by atoms with Gasteiger partial charge in [-0.1, -0.05) is 12.1 Å². The smallest absolute Gasteiger partial charge is 0.223 e. The van der Waals surface area contributed by atoms with Gasteiger partial charge in [-0.25, -0.2) is 4.98 Å². The molecule has 1 aromatic carbocycles. The molecule has 0 radical (unpaired) electrons. The Morgan fingerprint density at radius 1 is 1.10 bits per heavy atom. The van der Waals surface area contributed by atoms with Crippen LogP contribution in [0.15, 0.2) is 48.7 Å². The van der Waals surface area contributed by atoms with Crippen LogP contribution < -0.4 is 10.5 Å². The first-order chi connectivity index (χ1) is 9.78. The van der Waals surface area contributed by atoms with Crippen molar-refractivity contribution in [1.29, 1.82) is 0 Å². The standard InChI is InChI=1S/C16H15N3O/c1-11-7-8-12(10-17)16(19-11)20-15-6-2-5-14-13(15)4-3-9-18-14/h2-9H,10,17H2,1H3. The molecule has 0 unspecified atom stereocenters. The summed E-state index contributed by atoms with van der Waals surface area (Å²) < 4.78 is 5.96. The number of rotatable bonds is 3. The van der Waals surface area contributed by atoms with E-state index in [0.717, 1.165) is 27.9 Å². The van der Waals surface area contributed by atoms with Crippen LogP contribution in [-0.2, 0) is 6.54 Å². The molecule has 0 aliphatic carbocycles. The molecule has 0 bridgehead atoms. The first-order valence-corrected chi connectivity index (χ1v) is 6.46. The summed E-state index contributed by atoms with van der Waals surface area (Å²) in [6.45, 7) is 2.32. The normalized spacial score (nSPS) is 10.7. The van der Waals surface area contributed by atoms with Crippen LogP contribution in [0.4, 0.5) is 0 Å². The van der Waals surface area contributed by atoms with Crippen LogP contribution in [-0.4, -0.2) is 9.97 Å². The second kappa shape index (κ2) is 5.27. The van der Waals surface area contributed by atoms with Crippen molar-refractivity contribution < 1.29 is 4.74 Å². The highest BCUT2D eigenvalue weighted by Crippen LogP contribution is 2.29. The maximum absolute atomic E-state index is 5.96. The van der Waals surface area contributed by atoms with Gasteiger partial charge in [0.1, 0.15) is 5.75 Å². The lowest BCUT2D eigenvalue weighted by Gasteiger charge is -2.11. The van der Waals surface area contributed by atoms with Crippen molar-refractivity contribution in [1.82, 2.24) is 9.97 Å². The Kier molecular flexibility index (Phi) is 3.31. The van der Waals surface area contributed by atoms with Gasteiger partial charge in [-0.2, -0.15) is 0 Å². The third kappa shape index (κ3) is 2.33. The average molecular weight is 265 g/mol. The monoisotopic (exact) mass is 265 g/mol. The van der Waals surface area contributed by atoms with Crippen LogP contribution >= 0.6 is 0 Å². The van der Waals surface area contributed by atoms with Crippen molar-refractivity contribution in [2.45, 2.75) is 13.5 Å². The molecule has 100 valence electrons. The molecule has 0 saturated carbocycles. The summed E-state index contributed by atoms with van der Waals surface area (Å²) in [5, 5.41) is 0.960. The van der Waals surface area contributed by atoms with Crippen LogP contribution in [0.2, 0.25) is 0 Å². The predicted molar refractivity (Wildman–Crippen MR) is 78.7 cm³/mol. The molecule has 0 saturated heterocycles. The molecule has 0 amide bonds. The molecule has 2 N–H and O–H groups in total. The Labute approximate surface area is 117 Å². The van der Waals surface area contributed by atoms with Gasteiger partial charge < -0.3 is 10.5 Å². The Morgan fingerprint density at radius 2 is 2.00 bits per heavy atom. The minimum Gasteiger partial charge on any atom is -0.438 e. The van der Waals surface area contributed by atoms with E-state index in [4.69, 9.17) is 10.5 Å². The molecule has 4 nitrogen and oxygen atoms in total. The predicted octanol–water partition coefficient (Wildman–Crippen LogP) is 3.19. The van der Waals surface area contributed by atoms with Crippen molar-refractivity contribution in [3.8, 4) is 11.6 Å². The summed E-state index contributed by atoms with van der Waals surface area (Å²) in [5.74, 6) is 1.30. The van der Waals surface area contributed by atoms with Crippen molar-refractivity contribution in [2.75, 3.05) is 0 Å². The Morgan fingerprint density at radius 3 is 2.85 bits per heavy atom. The highest BCUT2D eigenvalue weighted by molar-refractivity contribution is 5.85. The maximum Gasteiger partial charge on any atom is 0.223 e. The second-order valence-corrected chi connectivity index (χ2v) is 4.55. The third-order valence-electron chi connectivity index (χ3n) is 3.11. The third-order valence-corrected chi connectivity index (χ3v) is 3.11. The zero-order valence-corrected chi connectivity index (χ0v) is 11.2. The molecule has 20 heavy (non-hydrogen) atoms. The van der Waals surface area contributed by atoms with Gasteiger partial charge in [0.25, 0.3) is 0 Å². The molecule has 3 aromatic rings. The Bertz CT molecular complexity index is 750. The fourth-order valence-corrected chi connectivity index (χ4v) is 2.07. The zero-order valence-electron chi connectivity index (χ0n) is 11.2. The first kappa shape index (κ1) is 12.6. The first-order valence-electron chi connectivity index (χ1n) is 6.46. The molecule has 0 fully saturated rings. The second-order valence-electron chi connectivity index (χ2n) is 4.55. The molecule has 2 heterocycles. The molecule has 4 heteroatoms. The van der Waals surface area contributed by atoms with Crippen molar-refractivity contribution in [3.05, 3.63) is 59.9 Å². The van der Waals surface area contributed by atoms with Gasteiger partial charge in [0, 0.05) is 29.4 Å². The van der Waals surface area contributed by atoms with E-state index < -0.39 is 0 Å². The van der Waals surface area contributed by atoms with E-state index in [-0.39, 0.29) is 0 Å². The molecular formula is C16H15N3O.